The summed E-state index contributed by atoms with van der Waals surface area (Å²) in [5.41, 5.74) is 5.69. The summed E-state index contributed by atoms with van der Waals surface area (Å²) in [5.74, 6) is 0.129. The van der Waals surface area contributed by atoms with Crippen LogP contribution in [-0.4, -0.2) is 29.9 Å². The summed E-state index contributed by atoms with van der Waals surface area (Å²) in [5, 5.41) is 2.88. The van der Waals surface area contributed by atoms with Gasteiger partial charge < -0.3 is 11.1 Å². The van der Waals surface area contributed by atoms with Gasteiger partial charge in [0.25, 0.3) is 5.91 Å². The molecule has 0 spiro atoms. The Hall–Kier alpha value is -1.99. The molecule has 0 fully saturated rings. The predicted molar refractivity (Wildman–Crippen MR) is 100 cm³/mol. The van der Waals surface area contributed by atoms with Crippen LogP contribution in [0.3, 0.4) is 0 Å². The first-order valence-corrected chi connectivity index (χ1v) is 9.70. The summed E-state index contributed by atoms with van der Waals surface area (Å²) in [7, 11) is 0. The third-order valence-electron chi connectivity index (χ3n) is 3.19. The van der Waals surface area contributed by atoms with E-state index in [0.29, 0.717) is 12.1 Å². The van der Waals surface area contributed by atoms with E-state index in [1.165, 1.54) is 23.9 Å². The number of thioether (sulfide) groups is 2. The van der Waals surface area contributed by atoms with Crippen LogP contribution in [0.4, 0.5) is 4.39 Å². The molecule has 0 atom stereocenters. The first-order valence-electron chi connectivity index (χ1n) is 7.73. The summed E-state index contributed by atoms with van der Waals surface area (Å²) < 4.78 is 12.8. The molecule has 0 aromatic heterocycles. The number of benzene rings is 2. The molecule has 2 rings (SSSR count). The molecule has 0 radical (unpaired) electrons. The minimum atomic E-state index is -0.418. The Morgan fingerprint density at radius 3 is 2.48 bits per heavy atom. The zero-order chi connectivity index (χ0) is 18.1. The molecule has 132 valence electrons. The van der Waals surface area contributed by atoms with Crippen molar-refractivity contribution in [3.8, 4) is 0 Å². The van der Waals surface area contributed by atoms with E-state index >= 15 is 0 Å². The van der Waals surface area contributed by atoms with Gasteiger partial charge in [-0.05, 0) is 48.6 Å². The maximum Gasteiger partial charge on any atom is 0.252 e. The molecule has 0 aliphatic rings. The largest absolute Gasteiger partial charge is 0.369 e. The van der Waals surface area contributed by atoms with Crippen molar-refractivity contribution >= 4 is 35.3 Å². The molecule has 0 heterocycles. The van der Waals surface area contributed by atoms with Crippen LogP contribution in [0.5, 0.6) is 0 Å². The number of nitrogens with one attached hydrogen (secondary N) is 1. The Kier molecular flexibility index (Phi) is 7.81. The molecule has 0 unspecified atom stereocenters. The smallest absolute Gasteiger partial charge is 0.252 e. The van der Waals surface area contributed by atoms with Crippen LogP contribution in [-0.2, 0) is 4.79 Å². The molecule has 0 saturated carbocycles. The fourth-order valence-corrected chi connectivity index (χ4v) is 3.66. The van der Waals surface area contributed by atoms with E-state index in [4.69, 9.17) is 5.73 Å². The SMILES string of the molecule is NC(=O)CSc1ccccc1C(=O)NCCCSc1ccc(F)cc1. The van der Waals surface area contributed by atoms with Gasteiger partial charge in [0.15, 0.2) is 0 Å². The van der Waals surface area contributed by atoms with Crippen LogP contribution in [0.15, 0.2) is 58.3 Å². The maximum absolute atomic E-state index is 12.8. The zero-order valence-corrected chi connectivity index (χ0v) is 15.2. The minimum Gasteiger partial charge on any atom is -0.369 e. The lowest BCUT2D eigenvalue weighted by atomic mass is 10.2. The van der Waals surface area contributed by atoms with Gasteiger partial charge in [-0.2, -0.15) is 0 Å². The van der Waals surface area contributed by atoms with Gasteiger partial charge in [-0.1, -0.05) is 12.1 Å². The lowest BCUT2D eigenvalue weighted by Crippen LogP contribution is -2.25. The van der Waals surface area contributed by atoms with Gasteiger partial charge in [-0.15, -0.1) is 23.5 Å². The van der Waals surface area contributed by atoms with Crippen molar-refractivity contribution in [1.82, 2.24) is 5.32 Å². The van der Waals surface area contributed by atoms with E-state index in [-0.39, 0.29) is 17.5 Å². The molecule has 0 aliphatic heterocycles. The second kappa shape index (κ2) is 10.1. The Bertz CT molecular complexity index is 723. The molecule has 0 saturated heterocycles. The lowest BCUT2D eigenvalue weighted by Gasteiger charge is -2.09. The molecule has 0 aliphatic carbocycles. The second-order valence-corrected chi connectivity index (χ2v) is 7.35. The number of carbonyl (C=O) groups is 2. The summed E-state index contributed by atoms with van der Waals surface area (Å²) in [6.45, 7) is 0.544. The first kappa shape index (κ1) is 19.3. The Morgan fingerprint density at radius 1 is 1.04 bits per heavy atom. The molecular weight excluding hydrogens is 359 g/mol. The van der Waals surface area contributed by atoms with E-state index < -0.39 is 5.91 Å². The Labute approximate surface area is 154 Å². The van der Waals surface area contributed by atoms with Crippen LogP contribution in [0.25, 0.3) is 0 Å². The molecule has 4 nitrogen and oxygen atoms in total. The van der Waals surface area contributed by atoms with Crippen LogP contribution in [0, 0.1) is 5.82 Å². The summed E-state index contributed by atoms with van der Waals surface area (Å²) in [4.78, 5) is 24.9. The van der Waals surface area contributed by atoms with E-state index in [9.17, 15) is 14.0 Å². The monoisotopic (exact) mass is 378 g/mol. The highest BCUT2D eigenvalue weighted by molar-refractivity contribution is 8.00. The third kappa shape index (κ3) is 6.80. The van der Waals surface area contributed by atoms with Crippen LogP contribution < -0.4 is 11.1 Å². The molecule has 25 heavy (non-hydrogen) atoms. The topological polar surface area (TPSA) is 72.2 Å². The zero-order valence-electron chi connectivity index (χ0n) is 13.5. The quantitative estimate of drug-likeness (QED) is 0.519. The standard InChI is InChI=1S/C18H19FN2O2S2/c19-13-6-8-14(9-7-13)24-11-3-10-21-18(23)15-4-1-2-5-16(15)25-12-17(20)22/h1-2,4-9H,3,10-12H2,(H2,20,22)(H,21,23). The highest BCUT2D eigenvalue weighted by Gasteiger charge is 2.11. The van der Waals surface area contributed by atoms with Crippen molar-refractivity contribution in [3.05, 3.63) is 59.9 Å². The number of amides is 2. The van der Waals surface area contributed by atoms with Crippen molar-refractivity contribution in [2.45, 2.75) is 16.2 Å². The van der Waals surface area contributed by atoms with Gasteiger partial charge in [0.1, 0.15) is 5.82 Å². The van der Waals surface area contributed by atoms with E-state index in [1.54, 1.807) is 42.1 Å². The Balaban J connectivity index is 1.76. The van der Waals surface area contributed by atoms with Gasteiger partial charge in [0.2, 0.25) is 5.91 Å². The third-order valence-corrected chi connectivity index (χ3v) is 5.38. The molecular formula is C18H19FN2O2S2. The predicted octanol–water partition coefficient (Wildman–Crippen LogP) is 3.32. The summed E-state index contributed by atoms with van der Waals surface area (Å²) in [6, 6.07) is 13.5. The van der Waals surface area contributed by atoms with Gasteiger partial charge in [0.05, 0.1) is 11.3 Å². The number of halogens is 1. The highest BCUT2D eigenvalue weighted by Crippen LogP contribution is 2.22. The fourth-order valence-electron chi connectivity index (χ4n) is 2.02. The Morgan fingerprint density at radius 2 is 1.76 bits per heavy atom. The van der Waals surface area contributed by atoms with Crippen molar-refractivity contribution in [2.24, 2.45) is 5.73 Å². The molecule has 2 amide bonds. The van der Waals surface area contributed by atoms with Crippen LogP contribution in [0.2, 0.25) is 0 Å². The number of carbonyl (C=O) groups excluding carboxylic acids is 2. The summed E-state index contributed by atoms with van der Waals surface area (Å²) in [6.07, 6.45) is 0.796. The molecule has 3 N–H and O–H groups in total. The number of nitrogens with two attached hydrogens (primary N) is 1. The molecule has 0 bridgehead atoms. The van der Waals surface area contributed by atoms with Crippen molar-refractivity contribution in [1.29, 1.82) is 0 Å². The van der Waals surface area contributed by atoms with Gasteiger partial charge >= 0.3 is 0 Å². The van der Waals surface area contributed by atoms with E-state index in [0.717, 1.165) is 22.0 Å². The normalized spacial score (nSPS) is 10.4. The minimum absolute atomic E-state index is 0.138. The van der Waals surface area contributed by atoms with E-state index in [1.807, 2.05) is 6.07 Å². The average Bonchev–Trinajstić information content (AvgIpc) is 2.61. The number of rotatable bonds is 9. The van der Waals surface area contributed by atoms with Crippen LogP contribution in [0.1, 0.15) is 16.8 Å². The molecule has 2 aromatic carbocycles. The summed E-state index contributed by atoms with van der Waals surface area (Å²) >= 11 is 2.87. The van der Waals surface area contributed by atoms with Crippen molar-refractivity contribution in [2.75, 3.05) is 18.1 Å². The van der Waals surface area contributed by atoms with Crippen molar-refractivity contribution < 1.29 is 14.0 Å². The lowest BCUT2D eigenvalue weighted by molar-refractivity contribution is -0.115. The fraction of sp³-hybridized carbons (Fsp3) is 0.222. The van der Waals surface area contributed by atoms with Crippen molar-refractivity contribution in [3.63, 3.8) is 0 Å². The number of hydrogen-bond donors (Lipinski definition) is 2. The first-order chi connectivity index (χ1) is 12.1. The van der Waals surface area contributed by atoms with Gasteiger partial charge in [0, 0.05) is 16.3 Å². The van der Waals surface area contributed by atoms with Gasteiger partial charge in [-0.3, -0.25) is 9.59 Å². The number of hydrogen-bond acceptors (Lipinski definition) is 4. The molecule has 7 heteroatoms. The van der Waals surface area contributed by atoms with Gasteiger partial charge in [-0.25, -0.2) is 4.39 Å². The highest BCUT2D eigenvalue weighted by atomic mass is 32.2. The number of primary amides is 1. The van der Waals surface area contributed by atoms with E-state index in [2.05, 4.69) is 5.32 Å². The maximum atomic E-state index is 12.8. The average molecular weight is 378 g/mol. The van der Waals surface area contributed by atoms with Crippen LogP contribution >= 0.6 is 23.5 Å². The molecule has 2 aromatic rings. The second-order valence-electron chi connectivity index (χ2n) is 5.16.